The van der Waals surface area contributed by atoms with Crippen molar-refractivity contribution in [1.82, 2.24) is 9.78 Å². The van der Waals surface area contributed by atoms with E-state index < -0.39 is 11.5 Å². The first-order valence-electron chi connectivity index (χ1n) is 5.24. The summed E-state index contributed by atoms with van der Waals surface area (Å²) in [5.41, 5.74) is 4.77. The smallest absolute Gasteiger partial charge is 0.340 e. The van der Waals surface area contributed by atoms with Gasteiger partial charge in [-0.3, -0.25) is 4.79 Å². The van der Waals surface area contributed by atoms with E-state index in [2.05, 4.69) is 5.10 Å². The van der Waals surface area contributed by atoms with Gasteiger partial charge in [-0.1, -0.05) is 6.07 Å². The number of thiophene rings is 1. The summed E-state index contributed by atoms with van der Waals surface area (Å²) in [4.78, 5) is 23.7. The minimum atomic E-state index is -1.25. The number of rotatable bonds is 3. The van der Waals surface area contributed by atoms with Gasteiger partial charge < -0.3 is 10.8 Å². The highest BCUT2D eigenvalue weighted by Crippen LogP contribution is 2.27. The second-order valence-corrected chi connectivity index (χ2v) is 4.49. The highest BCUT2D eigenvalue weighted by Gasteiger charge is 2.22. The zero-order valence-electron chi connectivity index (χ0n) is 9.58. The SMILES string of the molecule is CCn1nc(-c2cccs2)c(C(=O)O)c(N)c1=O. The number of anilines is 1. The van der Waals surface area contributed by atoms with Crippen molar-refractivity contribution in [2.24, 2.45) is 0 Å². The van der Waals surface area contributed by atoms with Gasteiger partial charge in [0.2, 0.25) is 0 Å². The lowest BCUT2D eigenvalue weighted by Crippen LogP contribution is -2.28. The van der Waals surface area contributed by atoms with Gasteiger partial charge in [-0.05, 0) is 18.4 Å². The highest BCUT2D eigenvalue weighted by atomic mass is 32.1. The van der Waals surface area contributed by atoms with E-state index in [1.165, 1.54) is 11.3 Å². The van der Waals surface area contributed by atoms with Gasteiger partial charge in [0, 0.05) is 6.54 Å². The van der Waals surface area contributed by atoms with Gasteiger partial charge in [0.1, 0.15) is 16.9 Å². The fourth-order valence-electron chi connectivity index (χ4n) is 1.61. The number of aromatic carboxylic acids is 1. The lowest BCUT2D eigenvalue weighted by molar-refractivity contribution is 0.0698. The molecule has 2 rings (SSSR count). The van der Waals surface area contributed by atoms with Gasteiger partial charge in [-0.15, -0.1) is 11.3 Å². The summed E-state index contributed by atoms with van der Waals surface area (Å²) in [5.74, 6) is -1.25. The zero-order chi connectivity index (χ0) is 13.3. The lowest BCUT2D eigenvalue weighted by Gasteiger charge is -2.09. The molecule has 0 aromatic carbocycles. The molecule has 2 aromatic rings. The number of carboxylic acid groups (broad SMARTS) is 1. The fourth-order valence-corrected chi connectivity index (χ4v) is 2.32. The van der Waals surface area contributed by atoms with Crippen LogP contribution >= 0.6 is 11.3 Å². The molecule has 3 N–H and O–H groups in total. The van der Waals surface area contributed by atoms with Crippen LogP contribution < -0.4 is 11.3 Å². The maximum atomic E-state index is 11.8. The molecule has 0 aliphatic rings. The first kappa shape index (κ1) is 12.3. The lowest BCUT2D eigenvalue weighted by atomic mass is 10.1. The molecular weight excluding hydrogens is 254 g/mol. The molecule has 0 radical (unpaired) electrons. The molecule has 2 aromatic heterocycles. The predicted octanol–water partition coefficient (Wildman–Crippen LogP) is 1.27. The van der Waals surface area contributed by atoms with Gasteiger partial charge in [-0.25, -0.2) is 9.48 Å². The van der Waals surface area contributed by atoms with E-state index >= 15 is 0 Å². The second-order valence-electron chi connectivity index (χ2n) is 3.54. The Hall–Kier alpha value is -2.15. The van der Waals surface area contributed by atoms with Crippen LogP contribution in [0, 0.1) is 0 Å². The Bertz CT molecular complexity index is 646. The van der Waals surface area contributed by atoms with Crippen LogP contribution in [0.4, 0.5) is 5.69 Å². The largest absolute Gasteiger partial charge is 0.478 e. The van der Waals surface area contributed by atoms with Crippen molar-refractivity contribution >= 4 is 23.0 Å². The molecule has 7 heteroatoms. The average Bonchev–Trinajstić information content (AvgIpc) is 2.85. The second kappa shape index (κ2) is 4.61. The highest BCUT2D eigenvalue weighted by molar-refractivity contribution is 7.13. The molecule has 0 atom stereocenters. The van der Waals surface area contributed by atoms with E-state index in [9.17, 15) is 9.59 Å². The van der Waals surface area contributed by atoms with Gasteiger partial charge >= 0.3 is 5.97 Å². The molecule has 0 saturated heterocycles. The monoisotopic (exact) mass is 265 g/mol. The predicted molar refractivity (Wildman–Crippen MR) is 68.9 cm³/mol. The van der Waals surface area contributed by atoms with E-state index in [0.29, 0.717) is 11.4 Å². The van der Waals surface area contributed by atoms with Crippen LogP contribution in [0.2, 0.25) is 0 Å². The average molecular weight is 265 g/mol. The third-order valence-electron chi connectivity index (χ3n) is 2.46. The summed E-state index contributed by atoms with van der Waals surface area (Å²) in [7, 11) is 0. The first-order valence-corrected chi connectivity index (χ1v) is 6.12. The normalized spacial score (nSPS) is 10.5. The number of aryl methyl sites for hydroxylation is 1. The summed E-state index contributed by atoms with van der Waals surface area (Å²) in [6, 6.07) is 3.52. The van der Waals surface area contributed by atoms with Crippen molar-refractivity contribution < 1.29 is 9.90 Å². The topological polar surface area (TPSA) is 98.2 Å². The van der Waals surface area contributed by atoms with Gasteiger partial charge in [0.05, 0.1) is 4.88 Å². The molecule has 0 saturated carbocycles. The van der Waals surface area contributed by atoms with Crippen molar-refractivity contribution in [3.63, 3.8) is 0 Å². The minimum Gasteiger partial charge on any atom is -0.478 e. The van der Waals surface area contributed by atoms with Gasteiger partial charge in [0.25, 0.3) is 5.56 Å². The Morgan fingerprint density at radius 1 is 1.61 bits per heavy atom. The van der Waals surface area contributed by atoms with Crippen LogP contribution in [0.1, 0.15) is 17.3 Å². The van der Waals surface area contributed by atoms with Crippen molar-refractivity contribution in [2.75, 3.05) is 5.73 Å². The minimum absolute atomic E-state index is 0.229. The molecule has 0 unspecified atom stereocenters. The van der Waals surface area contributed by atoms with E-state index in [1.807, 2.05) is 0 Å². The number of hydrogen-bond acceptors (Lipinski definition) is 5. The van der Waals surface area contributed by atoms with Crippen molar-refractivity contribution in [1.29, 1.82) is 0 Å². The number of hydrogen-bond donors (Lipinski definition) is 2. The van der Waals surface area contributed by atoms with E-state index in [4.69, 9.17) is 10.8 Å². The zero-order valence-corrected chi connectivity index (χ0v) is 10.4. The number of carboxylic acids is 1. The summed E-state index contributed by atoms with van der Waals surface area (Å²) in [5, 5.41) is 15.0. The van der Waals surface area contributed by atoms with Gasteiger partial charge in [0.15, 0.2) is 0 Å². The van der Waals surface area contributed by atoms with Crippen LogP contribution in [0.25, 0.3) is 10.6 Å². The molecule has 2 heterocycles. The Kier molecular flexibility index (Phi) is 3.15. The number of aromatic nitrogens is 2. The third-order valence-corrected chi connectivity index (χ3v) is 3.34. The standard InChI is InChI=1S/C11H11N3O3S/c1-2-14-10(15)8(12)7(11(16)17)9(13-14)6-4-3-5-18-6/h3-5H,2,12H2,1H3,(H,16,17). The Morgan fingerprint density at radius 2 is 2.33 bits per heavy atom. The summed E-state index contributed by atoms with van der Waals surface area (Å²) >= 11 is 1.34. The van der Waals surface area contributed by atoms with Crippen molar-refractivity contribution in [2.45, 2.75) is 13.5 Å². The molecule has 0 aliphatic heterocycles. The third kappa shape index (κ3) is 1.88. The van der Waals surface area contributed by atoms with Crippen LogP contribution in [0.3, 0.4) is 0 Å². The molecule has 0 amide bonds. The number of nitrogen functional groups attached to an aromatic ring is 1. The number of nitrogens with zero attached hydrogens (tertiary/aromatic N) is 2. The quantitative estimate of drug-likeness (QED) is 0.870. The number of carbonyl (C=O) groups is 1. The molecule has 18 heavy (non-hydrogen) atoms. The molecule has 94 valence electrons. The summed E-state index contributed by atoms with van der Waals surface area (Å²) in [6.45, 7) is 2.08. The number of nitrogens with two attached hydrogens (primary N) is 1. The van der Waals surface area contributed by atoms with Crippen LogP contribution in [0.5, 0.6) is 0 Å². The van der Waals surface area contributed by atoms with E-state index in [-0.39, 0.29) is 16.9 Å². The van der Waals surface area contributed by atoms with Gasteiger partial charge in [-0.2, -0.15) is 5.10 Å². The Labute approximate surface area is 106 Å². The van der Waals surface area contributed by atoms with E-state index in [1.54, 1.807) is 24.4 Å². The first-order chi connectivity index (χ1) is 8.56. The maximum absolute atomic E-state index is 11.8. The molecule has 0 aliphatic carbocycles. The van der Waals surface area contributed by atoms with Crippen LogP contribution in [-0.4, -0.2) is 20.9 Å². The summed E-state index contributed by atoms with van der Waals surface area (Å²) in [6.07, 6.45) is 0. The summed E-state index contributed by atoms with van der Waals surface area (Å²) < 4.78 is 1.16. The van der Waals surface area contributed by atoms with Crippen molar-refractivity contribution in [3.05, 3.63) is 33.4 Å². The molecule has 0 fully saturated rings. The molecule has 0 bridgehead atoms. The van der Waals surface area contributed by atoms with Crippen molar-refractivity contribution in [3.8, 4) is 10.6 Å². The molecule has 0 spiro atoms. The maximum Gasteiger partial charge on any atom is 0.340 e. The van der Waals surface area contributed by atoms with E-state index in [0.717, 1.165) is 4.68 Å². The Balaban J connectivity index is 2.82. The van der Waals surface area contributed by atoms with Crippen LogP contribution in [-0.2, 0) is 6.54 Å². The fraction of sp³-hybridized carbons (Fsp3) is 0.182. The Morgan fingerprint density at radius 3 is 2.83 bits per heavy atom. The molecular formula is C11H11N3O3S. The molecule has 6 nitrogen and oxygen atoms in total. The van der Waals surface area contributed by atoms with Crippen LogP contribution in [0.15, 0.2) is 22.3 Å².